The quantitative estimate of drug-likeness (QED) is 0.260. The fourth-order valence-corrected chi connectivity index (χ4v) is 6.91. The number of hydrogen-bond donors (Lipinski definition) is 3. The molecule has 2 heterocycles. The van der Waals surface area contributed by atoms with Gasteiger partial charge in [0, 0.05) is 51.8 Å². The van der Waals surface area contributed by atoms with Gasteiger partial charge in [-0.1, -0.05) is 48.0 Å². The maximum absolute atomic E-state index is 14.5. The Morgan fingerprint density at radius 3 is 2.57 bits per heavy atom. The Morgan fingerprint density at radius 1 is 1.12 bits per heavy atom. The molecule has 2 amide bonds. The van der Waals surface area contributed by atoms with Gasteiger partial charge >= 0.3 is 0 Å². The van der Waals surface area contributed by atoms with Crippen molar-refractivity contribution in [2.45, 2.75) is 44.8 Å². The van der Waals surface area contributed by atoms with Crippen LogP contribution in [0, 0.1) is 5.82 Å². The first-order valence-electron chi connectivity index (χ1n) is 13.3. The molecular formula is C30H29ClF2N3O5P. The van der Waals surface area contributed by atoms with E-state index in [1.54, 1.807) is 55.6 Å². The monoisotopic (exact) mass is 615 g/mol. The van der Waals surface area contributed by atoms with E-state index in [4.69, 9.17) is 11.6 Å². The molecule has 0 radical (unpaired) electrons. The van der Waals surface area contributed by atoms with Crippen molar-refractivity contribution in [2.24, 2.45) is 0 Å². The Hall–Kier alpha value is -3.56. The smallest absolute Gasteiger partial charge is 0.258 e. The number of nitrogens with one attached hydrogen (secondary N) is 1. The zero-order valence-corrected chi connectivity index (χ0v) is 24.2. The van der Waals surface area contributed by atoms with Crippen molar-refractivity contribution in [1.29, 1.82) is 0 Å². The SMILES string of the molecule is CC(O)c1cn(CC(=O)N2C[C@H](F)C[C@H]2C(=O)NCc2cccc(Cl)c2F)c2cc(P(=O)(O)c3ccccc3)ccc12. The molecule has 1 saturated heterocycles. The first-order valence-corrected chi connectivity index (χ1v) is 15.3. The largest absolute Gasteiger partial charge is 0.389 e. The average Bonchev–Trinajstić information content (AvgIpc) is 3.54. The van der Waals surface area contributed by atoms with E-state index in [1.165, 1.54) is 28.8 Å². The van der Waals surface area contributed by atoms with Gasteiger partial charge < -0.3 is 24.8 Å². The van der Waals surface area contributed by atoms with Crippen molar-refractivity contribution in [3.63, 3.8) is 0 Å². The summed E-state index contributed by atoms with van der Waals surface area (Å²) in [5.41, 5.74) is 1.08. The number of aliphatic hydroxyl groups excluding tert-OH is 1. The fourth-order valence-electron chi connectivity index (χ4n) is 5.27. The number of amides is 2. The van der Waals surface area contributed by atoms with Gasteiger partial charge in [-0.2, -0.15) is 0 Å². The number of hydrogen-bond acceptors (Lipinski definition) is 4. The average molecular weight is 616 g/mol. The van der Waals surface area contributed by atoms with Gasteiger partial charge in [-0.25, -0.2) is 8.78 Å². The third-order valence-corrected chi connectivity index (χ3v) is 9.73. The van der Waals surface area contributed by atoms with E-state index in [2.05, 4.69) is 5.32 Å². The standard InChI is InChI=1S/C30H29ClF2N3O5P/c1-18(37)24-16-35(26-13-22(10-11-23(24)26)42(40,41)21-7-3-2-4-8-21)17-28(38)36-15-20(32)12-27(36)30(39)34-14-19-6-5-9-25(31)29(19)33/h2-11,13,16,18,20,27,37H,12,14-15,17H2,1H3,(H,34,39)(H,40,41)/t18?,20-,27+/m1/s1. The van der Waals surface area contributed by atoms with Crippen molar-refractivity contribution in [3.8, 4) is 0 Å². The molecule has 42 heavy (non-hydrogen) atoms. The predicted octanol–water partition coefficient (Wildman–Crippen LogP) is 3.96. The molecule has 2 unspecified atom stereocenters. The molecule has 220 valence electrons. The van der Waals surface area contributed by atoms with E-state index < -0.39 is 43.3 Å². The molecule has 12 heteroatoms. The Balaban J connectivity index is 1.41. The maximum Gasteiger partial charge on any atom is 0.258 e. The van der Waals surface area contributed by atoms with Crippen LogP contribution in [-0.2, 0) is 27.2 Å². The lowest BCUT2D eigenvalue weighted by atomic mass is 10.1. The zero-order valence-electron chi connectivity index (χ0n) is 22.6. The number of benzene rings is 3. The van der Waals surface area contributed by atoms with Crippen LogP contribution >= 0.6 is 19.0 Å². The molecule has 1 aromatic heterocycles. The minimum Gasteiger partial charge on any atom is -0.389 e. The Kier molecular flexibility index (Phi) is 8.53. The maximum atomic E-state index is 14.5. The van der Waals surface area contributed by atoms with Crippen molar-refractivity contribution in [2.75, 3.05) is 6.54 Å². The molecule has 0 bridgehead atoms. The summed E-state index contributed by atoms with van der Waals surface area (Å²) in [6.45, 7) is 0.766. The molecule has 1 aliphatic rings. The lowest BCUT2D eigenvalue weighted by molar-refractivity contribution is -0.139. The van der Waals surface area contributed by atoms with Crippen LogP contribution in [0.2, 0.25) is 5.02 Å². The van der Waals surface area contributed by atoms with Gasteiger partial charge in [0.15, 0.2) is 0 Å². The first kappa shape index (κ1) is 29.9. The van der Waals surface area contributed by atoms with Crippen LogP contribution in [0.4, 0.5) is 8.78 Å². The van der Waals surface area contributed by atoms with Gasteiger partial charge in [-0.15, -0.1) is 0 Å². The van der Waals surface area contributed by atoms with Crippen molar-refractivity contribution in [1.82, 2.24) is 14.8 Å². The number of nitrogens with zero attached hydrogens (tertiary/aromatic N) is 2. The molecule has 0 aliphatic carbocycles. The van der Waals surface area contributed by atoms with Crippen molar-refractivity contribution >= 4 is 52.3 Å². The van der Waals surface area contributed by atoms with Gasteiger partial charge in [-0.05, 0) is 37.3 Å². The normalized spacial score (nSPS) is 19.0. The van der Waals surface area contributed by atoms with Gasteiger partial charge in [-0.3, -0.25) is 14.2 Å². The van der Waals surface area contributed by atoms with Gasteiger partial charge in [0.2, 0.25) is 11.8 Å². The third kappa shape index (κ3) is 5.85. The van der Waals surface area contributed by atoms with E-state index in [1.807, 2.05) is 0 Å². The summed E-state index contributed by atoms with van der Waals surface area (Å²) >= 11 is 5.81. The zero-order chi connectivity index (χ0) is 30.2. The number of halogens is 3. The van der Waals surface area contributed by atoms with E-state index >= 15 is 0 Å². The molecule has 4 aromatic rings. The summed E-state index contributed by atoms with van der Waals surface area (Å²) in [4.78, 5) is 38.6. The number of carbonyl (C=O) groups excluding carboxylic acids is 2. The fraction of sp³-hybridized carbons (Fsp3) is 0.267. The Labute approximate surface area is 246 Å². The lowest BCUT2D eigenvalue weighted by Gasteiger charge is -2.24. The molecule has 1 fully saturated rings. The van der Waals surface area contributed by atoms with Crippen LogP contribution in [0.5, 0.6) is 0 Å². The number of carbonyl (C=O) groups is 2. The minimum absolute atomic E-state index is 0.0942. The summed E-state index contributed by atoms with van der Waals surface area (Å²) in [5.74, 6) is -1.86. The summed E-state index contributed by atoms with van der Waals surface area (Å²) in [6, 6.07) is 16.1. The second-order valence-corrected chi connectivity index (χ2v) is 12.9. The van der Waals surface area contributed by atoms with E-state index in [0.29, 0.717) is 16.5 Å². The topological polar surface area (TPSA) is 112 Å². The highest BCUT2D eigenvalue weighted by molar-refractivity contribution is 7.73. The molecule has 3 N–H and O–H groups in total. The van der Waals surface area contributed by atoms with Gasteiger partial charge in [0.25, 0.3) is 7.37 Å². The summed E-state index contributed by atoms with van der Waals surface area (Å²) < 4.78 is 43.7. The van der Waals surface area contributed by atoms with Crippen LogP contribution < -0.4 is 15.9 Å². The van der Waals surface area contributed by atoms with E-state index in [0.717, 1.165) is 4.90 Å². The number of aliphatic hydroxyl groups is 1. The minimum atomic E-state index is -3.97. The summed E-state index contributed by atoms with van der Waals surface area (Å²) in [6.07, 6.45) is -0.977. The number of likely N-dealkylation sites (tertiary alicyclic amines) is 1. The van der Waals surface area contributed by atoms with E-state index in [-0.39, 0.29) is 47.3 Å². The van der Waals surface area contributed by atoms with E-state index in [9.17, 15) is 32.9 Å². The molecule has 8 nitrogen and oxygen atoms in total. The highest BCUT2D eigenvalue weighted by Gasteiger charge is 2.40. The van der Waals surface area contributed by atoms with Crippen LogP contribution in [-0.4, -0.2) is 50.0 Å². The van der Waals surface area contributed by atoms with Gasteiger partial charge in [0.05, 0.1) is 17.7 Å². The Bertz CT molecular complexity index is 1700. The highest BCUT2D eigenvalue weighted by atomic mass is 35.5. The van der Waals surface area contributed by atoms with Crippen molar-refractivity contribution < 1.29 is 32.9 Å². The van der Waals surface area contributed by atoms with Crippen LogP contribution in [0.1, 0.15) is 30.6 Å². The summed E-state index contributed by atoms with van der Waals surface area (Å²) in [5, 5.41) is 13.8. The van der Waals surface area contributed by atoms with Crippen LogP contribution in [0.25, 0.3) is 10.9 Å². The third-order valence-electron chi connectivity index (χ3n) is 7.47. The number of rotatable bonds is 8. The number of alkyl halides is 1. The molecule has 3 aromatic carbocycles. The molecular weight excluding hydrogens is 587 g/mol. The van der Waals surface area contributed by atoms with Crippen molar-refractivity contribution in [3.05, 3.63) is 94.9 Å². The lowest BCUT2D eigenvalue weighted by Crippen LogP contribution is -2.46. The van der Waals surface area contributed by atoms with Gasteiger partial charge in [0.1, 0.15) is 24.6 Å². The molecule has 5 rings (SSSR count). The predicted molar refractivity (Wildman–Crippen MR) is 156 cm³/mol. The molecule has 1 aliphatic heterocycles. The highest BCUT2D eigenvalue weighted by Crippen LogP contribution is 2.39. The molecule has 0 spiro atoms. The number of aromatic nitrogens is 1. The Morgan fingerprint density at radius 2 is 1.86 bits per heavy atom. The molecule has 4 atom stereocenters. The first-order chi connectivity index (χ1) is 20.0. The van der Waals surface area contributed by atoms with Crippen LogP contribution in [0.15, 0.2) is 72.9 Å². The second-order valence-electron chi connectivity index (χ2n) is 10.3. The molecule has 0 saturated carbocycles. The van der Waals surface area contributed by atoms with Crippen LogP contribution in [0.3, 0.4) is 0 Å². The number of fused-ring (bicyclic) bond motifs is 1. The summed E-state index contributed by atoms with van der Waals surface area (Å²) in [7, 11) is -3.97. The second kappa shape index (κ2) is 12.0.